The molecule has 0 bridgehead atoms. The number of benzene rings is 1. The Morgan fingerprint density at radius 3 is 2.76 bits per heavy atom. The molecule has 1 aromatic rings. The minimum Gasteiger partial charge on any atom is -0.506 e. The van der Waals surface area contributed by atoms with Gasteiger partial charge >= 0.3 is 5.97 Å². The van der Waals surface area contributed by atoms with Gasteiger partial charge in [0.05, 0.1) is 18.4 Å². The Bertz CT molecular complexity index is 586. The molecular weight excluding hydrogens is 390 g/mol. The molecule has 0 aliphatic carbocycles. The van der Waals surface area contributed by atoms with Gasteiger partial charge in [-0.15, -0.1) is 0 Å². The molecule has 0 atom stereocenters. The van der Waals surface area contributed by atoms with Gasteiger partial charge in [0.2, 0.25) is 0 Å². The molecule has 0 saturated carbocycles. The molecule has 0 amide bonds. The van der Waals surface area contributed by atoms with Gasteiger partial charge in [0.25, 0.3) is 0 Å². The fraction of sp³-hybridized carbons (Fsp3) is 0.286. The van der Waals surface area contributed by atoms with E-state index in [1.807, 2.05) is 22.6 Å². The molecule has 0 fully saturated rings. The van der Waals surface area contributed by atoms with Crippen molar-refractivity contribution in [3.63, 3.8) is 0 Å². The van der Waals surface area contributed by atoms with Crippen LogP contribution in [0, 0.1) is 9.39 Å². The number of hydrogen-bond donors (Lipinski definition) is 1. The van der Waals surface area contributed by atoms with E-state index in [1.165, 1.54) is 17.1 Å². The zero-order valence-electron chi connectivity index (χ0n) is 11.9. The van der Waals surface area contributed by atoms with Crippen LogP contribution in [-0.4, -0.2) is 43.0 Å². The van der Waals surface area contributed by atoms with Gasteiger partial charge < -0.3 is 14.9 Å². The summed E-state index contributed by atoms with van der Waals surface area (Å²) in [6, 6.07) is 4.22. The summed E-state index contributed by atoms with van der Waals surface area (Å²) >= 11 is 1.99. The lowest BCUT2D eigenvalue weighted by atomic mass is 10.1. The fourth-order valence-electron chi connectivity index (χ4n) is 1.42. The number of hydrogen-bond acceptors (Lipinski definition) is 5. The molecule has 0 aliphatic rings. The molecule has 0 heterocycles. The van der Waals surface area contributed by atoms with Crippen LogP contribution in [-0.2, 0) is 9.53 Å². The van der Waals surface area contributed by atoms with E-state index in [-0.39, 0.29) is 17.7 Å². The maximum Gasteiger partial charge on any atom is 0.343 e. The van der Waals surface area contributed by atoms with Crippen molar-refractivity contribution >= 4 is 40.5 Å². The van der Waals surface area contributed by atoms with E-state index in [2.05, 4.69) is 5.10 Å². The topological polar surface area (TPSA) is 62.1 Å². The molecule has 21 heavy (non-hydrogen) atoms. The number of nitrogens with zero attached hydrogens (tertiary/aromatic N) is 2. The van der Waals surface area contributed by atoms with Crippen LogP contribution in [0.15, 0.2) is 28.9 Å². The second-order valence-electron chi connectivity index (χ2n) is 4.20. The summed E-state index contributed by atoms with van der Waals surface area (Å²) in [4.78, 5) is 11.9. The second kappa shape index (κ2) is 7.96. The SMILES string of the molecule is CCOC(=O)C(/C=N/N(C)C)=C(\O)c1cc(I)ccc1F. The van der Waals surface area contributed by atoms with Crippen LogP contribution >= 0.6 is 22.6 Å². The average Bonchev–Trinajstić information content (AvgIpc) is 2.41. The van der Waals surface area contributed by atoms with Gasteiger partial charge in [-0.1, -0.05) is 0 Å². The fourth-order valence-corrected chi connectivity index (χ4v) is 1.91. The molecular formula is C14H16FIN2O3. The highest BCUT2D eigenvalue weighted by Crippen LogP contribution is 2.22. The van der Waals surface area contributed by atoms with Crippen molar-refractivity contribution in [3.8, 4) is 0 Å². The van der Waals surface area contributed by atoms with E-state index >= 15 is 0 Å². The van der Waals surface area contributed by atoms with E-state index in [4.69, 9.17) is 4.74 Å². The summed E-state index contributed by atoms with van der Waals surface area (Å²) in [5.41, 5.74) is -0.276. The number of aliphatic hydroxyl groups excluding tert-OH is 1. The van der Waals surface area contributed by atoms with Crippen molar-refractivity contribution < 1.29 is 19.0 Å². The third kappa shape index (κ3) is 5.00. The van der Waals surface area contributed by atoms with Crippen molar-refractivity contribution in [1.29, 1.82) is 0 Å². The Hall–Kier alpha value is -1.64. The third-order valence-corrected chi connectivity index (χ3v) is 3.02. The lowest BCUT2D eigenvalue weighted by Crippen LogP contribution is -2.13. The second-order valence-corrected chi connectivity index (χ2v) is 5.44. The van der Waals surface area contributed by atoms with Crippen molar-refractivity contribution in [2.24, 2.45) is 5.10 Å². The number of hydrazone groups is 1. The smallest absolute Gasteiger partial charge is 0.343 e. The number of esters is 1. The van der Waals surface area contributed by atoms with Gasteiger partial charge in [0, 0.05) is 17.7 Å². The highest BCUT2D eigenvalue weighted by molar-refractivity contribution is 14.1. The molecule has 0 unspecified atom stereocenters. The van der Waals surface area contributed by atoms with Crippen molar-refractivity contribution in [2.75, 3.05) is 20.7 Å². The summed E-state index contributed by atoms with van der Waals surface area (Å²) in [5.74, 6) is -1.90. The first-order valence-corrected chi connectivity index (χ1v) is 7.21. The maximum atomic E-state index is 13.8. The van der Waals surface area contributed by atoms with Crippen LogP contribution in [0.5, 0.6) is 0 Å². The number of rotatable bonds is 5. The Kier molecular flexibility index (Phi) is 6.60. The highest BCUT2D eigenvalue weighted by Gasteiger charge is 2.19. The monoisotopic (exact) mass is 406 g/mol. The predicted octanol–water partition coefficient (Wildman–Crippen LogP) is 2.81. The molecule has 0 aromatic heterocycles. The summed E-state index contributed by atoms with van der Waals surface area (Å²) < 4.78 is 19.4. The van der Waals surface area contributed by atoms with Crippen molar-refractivity contribution in [2.45, 2.75) is 6.92 Å². The number of ether oxygens (including phenoxy) is 1. The van der Waals surface area contributed by atoms with Gasteiger partial charge in [-0.2, -0.15) is 5.10 Å². The number of carbonyl (C=O) groups excluding carboxylic acids is 1. The zero-order chi connectivity index (χ0) is 16.0. The Morgan fingerprint density at radius 1 is 1.52 bits per heavy atom. The summed E-state index contributed by atoms with van der Waals surface area (Å²) in [6.45, 7) is 1.78. The van der Waals surface area contributed by atoms with Crippen LogP contribution < -0.4 is 0 Å². The van der Waals surface area contributed by atoms with Crippen LogP contribution in [0.1, 0.15) is 12.5 Å². The van der Waals surface area contributed by atoms with E-state index in [1.54, 1.807) is 27.1 Å². The Balaban J connectivity index is 3.37. The first-order chi connectivity index (χ1) is 9.86. The highest BCUT2D eigenvalue weighted by atomic mass is 127. The third-order valence-electron chi connectivity index (χ3n) is 2.35. The minimum absolute atomic E-state index is 0.0739. The van der Waals surface area contributed by atoms with Gasteiger partial charge in [-0.05, 0) is 47.7 Å². The van der Waals surface area contributed by atoms with Crippen LogP contribution in [0.2, 0.25) is 0 Å². The molecule has 1 N–H and O–H groups in total. The molecule has 114 valence electrons. The summed E-state index contributed by atoms with van der Waals surface area (Å²) in [7, 11) is 3.31. The van der Waals surface area contributed by atoms with E-state index < -0.39 is 17.5 Å². The van der Waals surface area contributed by atoms with Crippen molar-refractivity contribution in [1.82, 2.24) is 5.01 Å². The molecule has 0 spiro atoms. The van der Waals surface area contributed by atoms with E-state index in [9.17, 15) is 14.3 Å². The van der Waals surface area contributed by atoms with E-state index in [0.29, 0.717) is 0 Å². The molecule has 0 saturated heterocycles. The largest absolute Gasteiger partial charge is 0.506 e. The zero-order valence-corrected chi connectivity index (χ0v) is 14.1. The number of aliphatic hydroxyl groups is 1. The minimum atomic E-state index is -0.765. The normalized spacial score (nSPS) is 12.2. The number of carbonyl (C=O) groups is 1. The molecule has 1 rings (SSSR count). The standard InChI is InChI=1S/C14H16FIN2O3/c1-4-21-14(20)11(8-17-18(2)3)13(19)10-7-9(16)5-6-12(10)15/h5-8,19H,4H2,1-3H3/b13-11-,17-8+. The van der Waals surface area contributed by atoms with Gasteiger partial charge in [0.1, 0.15) is 17.1 Å². The first kappa shape index (κ1) is 17.4. The first-order valence-electron chi connectivity index (χ1n) is 6.13. The summed E-state index contributed by atoms with van der Waals surface area (Å²) in [5, 5.41) is 15.6. The molecule has 5 nitrogen and oxygen atoms in total. The predicted molar refractivity (Wildman–Crippen MR) is 87.5 cm³/mol. The van der Waals surface area contributed by atoms with Crippen LogP contribution in [0.25, 0.3) is 5.76 Å². The average molecular weight is 406 g/mol. The molecule has 1 aromatic carbocycles. The van der Waals surface area contributed by atoms with Gasteiger partial charge in [-0.3, -0.25) is 0 Å². The van der Waals surface area contributed by atoms with Crippen molar-refractivity contribution in [3.05, 3.63) is 38.7 Å². The van der Waals surface area contributed by atoms with Crippen LogP contribution in [0.3, 0.4) is 0 Å². The Labute approximate surface area is 136 Å². The molecule has 7 heteroatoms. The lowest BCUT2D eigenvalue weighted by Gasteiger charge is -2.09. The number of halogens is 2. The lowest BCUT2D eigenvalue weighted by molar-refractivity contribution is -0.137. The van der Waals surface area contributed by atoms with E-state index in [0.717, 1.165) is 9.78 Å². The maximum absolute atomic E-state index is 13.8. The molecule has 0 aliphatic heterocycles. The Morgan fingerprint density at radius 2 is 2.19 bits per heavy atom. The quantitative estimate of drug-likeness (QED) is 0.204. The van der Waals surface area contributed by atoms with Crippen LogP contribution in [0.4, 0.5) is 4.39 Å². The van der Waals surface area contributed by atoms with Gasteiger partial charge in [-0.25, -0.2) is 9.18 Å². The molecule has 0 radical (unpaired) electrons. The summed E-state index contributed by atoms with van der Waals surface area (Å²) in [6.07, 6.45) is 1.15. The van der Waals surface area contributed by atoms with Gasteiger partial charge in [0.15, 0.2) is 0 Å².